The molecule has 2 atom stereocenters. The first kappa shape index (κ1) is 15.5. The van der Waals surface area contributed by atoms with E-state index in [0.717, 1.165) is 32.4 Å². The van der Waals surface area contributed by atoms with Gasteiger partial charge in [-0.2, -0.15) is 9.57 Å². The van der Waals surface area contributed by atoms with Gasteiger partial charge in [-0.3, -0.25) is 4.90 Å². The first-order valence-corrected chi connectivity index (χ1v) is 9.26. The van der Waals surface area contributed by atoms with Gasteiger partial charge in [0.15, 0.2) is 0 Å². The van der Waals surface area contributed by atoms with Gasteiger partial charge >= 0.3 is 0 Å². The highest BCUT2D eigenvalue weighted by atomic mass is 32.2. The van der Waals surface area contributed by atoms with Gasteiger partial charge in [-0.05, 0) is 44.0 Å². The van der Waals surface area contributed by atoms with Crippen molar-refractivity contribution >= 4 is 10.0 Å². The van der Waals surface area contributed by atoms with E-state index >= 15 is 0 Å². The average molecular weight is 319 g/mol. The zero-order chi connectivity index (χ0) is 15.7. The molecule has 2 fully saturated rings. The summed E-state index contributed by atoms with van der Waals surface area (Å²) < 4.78 is 27.7. The lowest BCUT2D eigenvalue weighted by atomic mass is 10.1. The summed E-state index contributed by atoms with van der Waals surface area (Å²) in [7, 11) is -3.54. The van der Waals surface area contributed by atoms with Crippen molar-refractivity contribution in [2.24, 2.45) is 0 Å². The van der Waals surface area contributed by atoms with Crippen LogP contribution in [0.1, 0.15) is 31.7 Å². The maximum atomic E-state index is 13.0. The van der Waals surface area contributed by atoms with Crippen molar-refractivity contribution in [3.8, 4) is 6.07 Å². The second-order valence-corrected chi connectivity index (χ2v) is 7.96. The molecule has 118 valence electrons. The van der Waals surface area contributed by atoms with E-state index in [0.29, 0.717) is 18.2 Å². The standard InChI is InChI=1S/C16H21N3O2S/c1-2-14-11-18-8-4-6-15(18)12-19(14)22(20,21)16-7-3-5-13(9-16)10-17/h3,5,7,9,14-15H,2,4,6,8,11-12H2,1H3/t14-,15+/m0/s1. The second kappa shape index (κ2) is 5.99. The minimum Gasteiger partial charge on any atom is -0.297 e. The van der Waals surface area contributed by atoms with Gasteiger partial charge in [0.2, 0.25) is 10.0 Å². The monoisotopic (exact) mass is 319 g/mol. The molecular weight excluding hydrogens is 298 g/mol. The van der Waals surface area contributed by atoms with Gasteiger partial charge in [-0.25, -0.2) is 8.42 Å². The highest BCUT2D eigenvalue weighted by Gasteiger charge is 2.41. The van der Waals surface area contributed by atoms with Crippen LogP contribution in [0.2, 0.25) is 0 Å². The Hall–Kier alpha value is -1.42. The molecule has 1 aromatic carbocycles. The van der Waals surface area contributed by atoms with Crippen LogP contribution >= 0.6 is 0 Å². The van der Waals surface area contributed by atoms with Crippen molar-refractivity contribution in [2.75, 3.05) is 19.6 Å². The molecule has 6 heteroatoms. The van der Waals surface area contributed by atoms with Crippen molar-refractivity contribution in [3.05, 3.63) is 29.8 Å². The molecule has 0 spiro atoms. The van der Waals surface area contributed by atoms with Crippen LogP contribution < -0.4 is 0 Å². The molecule has 3 rings (SSSR count). The highest BCUT2D eigenvalue weighted by molar-refractivity contribution is 7.89. The van der Waals surface area contributed by atoms with Crippen molar-refractivity contribution in [1.82, 2.24) is 9.21 Å². The predicted molar refractivity (Wildman–Crippen MR) is 83.7 cm³/mol. The second-order valence-electron chi connectivity index (χ2n) is 6.07. The predicted octanol–water partition coefficient (Wildman–Crippen LogP) is 1.81. The average Bonchev–Trinajstić information content (AvgIpc) is 3.01. The van der Waals surface area contributed by atoms with Gasteiger partial charge in [-0.1, -0.05) is 13.0 Å². The summed E-state index contributed by atoms with van der Waals surface area (Å²) >= 11 is 0. The zero-order valence-corrected chi connectivity index (χ0v) is 13.6. The molecule has 2 aliphatic rings. The van der Waals surface area contributed by atoms with Crippen molar-refractivity contribution in [2.45, 2.75) is 43.2 Å². The Kier molecular flexibility index (Phi) is 4.22. The fraction of sp³-hybridized carbons (Fsp3) is 0.562. The summed E-state index contributed by atoms with van der Waals surface area (Å²) in [5, 5.41) is 8.99. The highest BCUT2D eigenvalue weighted by Crippen LogP contribution is 2.30. The van der Waals surface area contributed by atoms with Crippen LogP contribution in [0.25, 0.3) is 0 Å². The SMILES string of the molecule is CC[C@H]1CN2CCC[C@@H]2CN1S(=O)(=O)c1cccc(C#N)c1. The molecule has 2 aliphatic heterocycles. The summed E-state index contributed by atoms with van der Waals surface area (Å²) in [6.07, 6.45) is 3.03. The Labute approximate surface area is 132 Å². The molecule has 5 nitrogen and oxygen atoms in total. The fourth-order valence-corrected chi connectivity index (χ4v) is 5.32. The van der Waals surface area contributed by atoms with E-state index in [9.17, 15) is 8.42 Å². The number of nitriles is 1. The number of rotatable bonds is 3. The van der Waals surface area contributed by atoms with E-state index in [1.54, 1.807) is 22.5 Å². The minimum absolute atomic E-state index is 0.0186. The van der Waals surface area contributed by atoms with Gasteiger partial charge < -0.3 is 0 Å². The summed E-state index contributed by atoms with van der Waals surface area (Å²) in [4.78, 5) is 2.66. The van der Waals surface area contributed by atoms with E-state index in [2.05, 4.69) is 4.90 Å². The Bertz CT molecular complexity index is 696. The molecular formula is C16H21N3O2S. The number of piperazine rings is 1. The molecule has 0 N–H and O–H groups in total. The van der Waals surface area contributed by atoms with E-state index in [1.807, 2.05) is 13.0 Å². The molecule has 22 heavy (non-hydrogen) atoms. The quantitative estimate of drug-likeness (QED) is 0.852. The number of benzene rings is 1. The Balaban J connectivity index is 1.94. The molecule has 0 aromatic heterocycles. The van der Waals surface area contributed by atoms with Crippen LogP contribution in [0.5, 0.6) is 0 Å². The molecule has 0 unspecified atom stereocenters. The topological polar surface area (TPSA) is 64.4 Å². The Morgan fingerprint density at radius 3 is 2.91 bits per heavy atom. The fourth-order valence-electron chi connectivity index (χ4n) is 3.55. The first-order chi connectivity index (χ1) is 10.6. The third-order valence-electron chi connectivity index (χ3n) is 4.78. The Morgan fingerprint density at radius 2 is 2.18 bits per heavy atom. The maximum absolute atomic E-state index is 13.0. The third-order valence-corrected chi connectivity index (χ3v) is 6.70. The number of hydrogen-bond donors (Lipinski definition) is 0. The molecule has 0 amide bonds. The third kappa shape index (κ3) is 2.65. The molecule has 2 heterocycles. The van der Waals surface area contributed by atoms with Gasteiger partial charge in [-0.15, -0.1) is 0 Å². The van der Waals surface area contributed by atoms with Gasteiger partial charge in [0.1, 0.15) is 0 Å². The van der Waals surface area contributed by atoms with E-state index in [4.69, 9.17) is 5.26 Å². The smallest absolute Gasteiger partial charge is 0.243 e. The number of hydrogen-bond acceptors (Lipinski definition) is 4. The lowest BCUT2D eigenvalue weighted by molar-refractivity contribution is 0.106. The summed E-state index contributed by atoms with van der Waals surface area (Å²) in [5.41, 5.74) is 0.383. The van der Waals surface area contributed by atoms with Crippen LogP contribution in [0, 0.1) is 11.3 Å². The van der Waals surface area contributed by atoms with Gasteiger partial charge in [0.25, 0.3) is 0 Å². The normalized spacial score (nSPS) is 26.5. The maximum Gasteiger partial charge on any atom is 0.243 e. The van der Waals surface area contributed by atoms with Crippen LogP contribution in [0.4, 0.5) is 0 Å². The number of nitrogens with zero attached hydrogens (tertiary/aromatic N) is 3. The van der Waals surface area contributed by atoms with Gasteiger partial charge in [0, 0.05) is 25.2 Å². The number of fused-ring (bicyclic) bond motifs is 1. The molecule has 2 saturated heterocycles. The molecule has 0 saturated carbocycles. The largest absolute Gasteiger partial charge is 0.297 e. The van der Waals surface area contributed by atoms with Crippen LogP contribution in [0.3, 0.4) is 0 Å². The number of sulfonamides is 1. The Morgan fingerprint density at radius 1 is 1.36 bits per heavy atom. The summed E-state index contributed by atoms with van der Waals surface area (Å²) in [5.74, 6) is 0. The lowest BCUT2D eigenvalue weighted by Gasteiger charge is -2.42. The van der Waals surface area contributed by atoms with Crippen molar-refractivity contribution in [1.29, 1.82) is 5.26 Å². The molecule has 0 bridgehead atoms. The van der Waals surface area contributed by atoms with Gasteiger partial charge in [0.05, 0.1) is 16.5 Å². The lowest BCUT2D eigenvalue weighted by Crippen LogP contribution is -2.57. The summed E-state index contributed by atoms with van der Waals surface area (Å²) in [6, 6.07) is 8.71. The van der Waals surface area contributed by atoms with Crippen molar-refractivity contribution in [3.63, 3.8) is 0 Å². The molecule has 0 radical (unpaired) electrons. The minimum atomic E-state index is -3.54. The van der Waals surface area contributed by atoms with Crippen LogP contribution in [-0.2, 0) is 10.0 Å². The molecule has 0 aliphatic carbocycles. The van der Waals surface area contributed by atoms with E-state index in [1.165, 1.54) is 6.07 Å². The summed E-state index contributed by atoms with van der Waals surface area (Å²) in [6.45, 7) is 4.50. The van der Waals surface area contributed by atoms with Crippen LogP contribution in [0.15, 0.2) is 29.2 Å². The van der Waals surface area contributed by atoms with E-state index < -0.39 is 10.0 Å². The van der Waals surface area contributed by atoms with Crippen molar-refractivity contribution < 1.29 is 8.42 Å². The van der Waals surface area contributed by atoms with E-state index in [-0.39, 0.29) is 10.9 Å². The first-order valence-electron chi connectivity index (χ1n) is 7.82. The van der Waals surface area contributed by atoms with Crippen LogP contribution in [-0.4, -0.2) is 49.3 Å². The zero-order valence-electron chi connectivity index (χ0n) is 12.8. The molecule has 1 aromatic rings.